The Hall–Kier alpha value is -1.76. The Morgan fingerprint density at radius 3 is 1.52 bits per heavy atom. The summed E-state index contributed by atoms with van der Waals surface area (Å²) in [6.07, 6.45) is 12.6. The first kappa shape index (κ1) is 54.4. The average molecular weight is 863 g/mol. The first-order valence-corrected chi connectivity index (χ1v) is 23.3. The Kier molecular flexibility index (Phi) is 30.6. The number of rotatable bonds is 35. The molecule has 0 aromatic rings. The molecule has 0 radical (unpaired) electrons. The summed E-state index contributed by atoms with van der Waals surface area (Å²) < 4.78 is 33.4. The van der Waals surface area contributed by atoms with Crippen LogP contribution in [0.2, 0.25) is 0 Å². The summed E-state index contributed by atoms with van der Waals surface area (Å²) in [5.41, 5.74) is 0. The van der Waals surface area contributed by atoms with Crippen molar-refractivity contribution in [3.05, 3.63) is 12.2 Å². The molecule has 15 nitrogen and oxygen atoms in total. The van der Waals surface area contributed by atoms with E-state index in [0.717, 1.165) is 44.9 Å². The van der Waals surface area contributed by atoms with E-state index in [9.17, 15) is 45.3 Å². The van der Waals surface area contributed by atoms with Gasteiger partial charge in [-0.15, -0.1) is 0 Å². The third-order valence-electron chi connectivity index (χ3n) is 11.2. The van der Waals surface area contributed by atoms with Crippen LogP contribution in [0.15, 0.2) is 12.2 Å². The van der Waals surface area contributed by atoms with Gasteiger partial charge in [-0.2, -0.15) is 0 Å². The van der Waals surface area contributed by atoms with Crippen molar-refractivity contribution in [3.8, 4) is 0 Å². The van der Waals surface area contributed by atoms with Gasteiger partial charge in [0.25, 0.3) is 0 Å². The van der Waals surface area contributed by atoms with Crippen molar-refractivity contribution in [1.82, 2.24) is 0 Å². The second-order valence-electron chi connectivity index (χ2n) is 16.6. The number of aliphatic hydroxyl groups excluding tert-OH is 7. The summed E-state index contributed by atoms with van der Waals surface area (Å²) in [4.78, 5) is 25.6. The highest BCUT2D eigenvalue weighted by Crippen LogP contribution is 2.26. The summed E-state index contributed by atoms with van der Waals surface area (Å²) in [6.45, 7) is 2.52. The van der Waals surface area contributed by atoms with Gasteiger partial charge in [-0.05, 0) is 32.1 Å². The Labute approximate surface area is 359 Å². The van der Waals surface area contributed by atoms with E-state index in [1.54, 1.807) is 0 Å². The lowest BCUT2D eigenvalue weighted by Crippen LogP contribution is -2.61. The fourth-order valence-corrected chi connectivity index (χ4v) is 7.31. The van der Waals surface area contributed by atoms with Crippen molar-refractivity contribution in [2.75, 3.05) is 26.4 Å². The van der Waals surface area contributed by atoms with Gasteiger partial charge < -0.3 is 64.2 Å². The van der Waals surface area contributed by atoms with Gasteiger partial charge in [0, 0.05) is 12.8 Å². The predicted octanol–water partition coefficient (Wildman–Crippen LogP) is 5.04. The maximum atomic E-state index is 12.9. The summed E-state index contributed by atoms with van der Waals surface area (Å²) >= 11 is 0. The zero-order chi connectivity index (χ0) is 44.0. The largest absolute Gasteiger partial charge is 0.462 e. The Morgan fingerprint density at radius 2 is 0.967 bits per heavy atom. The number of hydrogen-bond acceptors (Lipinski definition) is 15. The van der Waals surface area contributed by atoms with E-state index >= 15 is 0 Å². The minimum atomic E-state index is -1.76. The lowest BCUT2D eigenvalue weighted by Gasteiger charge is -2.42. The topological polar surface area (TPSA) is 231 Å². The molecule has 0 saturated carbocycles. The third-order valence-corrected chi connectivity index (χ3v) is 11.2. The van der Waals surface area contributed by atoms with Gasteiger partial charge in [0.1, 0.15) is 55.4 Å². The minimum Gasteiger partial charge on any atom is -0.462 e. The van der Waals surface area contributed by atoms with E-state index < -0.39 is 92.7 Å². The highest BCUT2D eigenvalue weighted by atomic mass is 16.7. The van der Waals surface area contributed by atoms with E-state index in [2.05, 4.69) is 26.0 Å². The van der Waals surface area contributed by atoms with Crippen LogP contribution >= 0.6 is 0 Å². The molecular formula is C45H82O15. The molecule has 2 rings (SSSR count). The molecule has 7 N–H and O–H groups in total. The Bertz CT molecular complexity index is 1110. The molecular weight excluding hydrogens is 780 g/mol. The number of allylic oxidation sites excluding steroid dienone is 2. The molecule has 352 valence electrons. The van der Waals surface area contributed by atoms with Crippen molar-refractivity contribution in [2.45, 2.75) is 235 Å². The van der Waals surface area contributed by atoms with Crippen LogP contribution in [0, 0.1) is 0 Å². The van der Waals surface area contributed by atoms with Crippen molar-refractivity contribution < 1.29 is 73.8 Å². The first-order chi connectivity index (χ1) is 29.0. The number of unbranched alkanes of at least 4 members (excludes halogenated alkanes) is 19. The smallest absolute Gasteiger partial charge is 0.306 e. The van der Waals surface area contributed by atoms with Crippen LogP contribution in [0.25, 0.3) is 0 Å². The highest BCUT2D eigenvalue weighted by molar-refractivity contribution is 5.70. The van der Waals surface area contributed by atoms with Gasteiger partial charge in [-0.1, -0.05) is 135 Å². The molecule has 0 bridgehead atoms. The van der Waals surface area contributed by atoms with E-state index in [1.165, 1.54) is 83.5 Å². The van der Waals surface area contributed by atoms with Crippen molar-refractivity contribution in [3.63, 3.8) is 0 Å². The molecule has 2 saturated heterocycles. The molecule has 0 aliphatic carbocycles. The second-order valence-corrected chi connectivity index (χ2v) is 16.6. The second kappa shape index (κ2) is 33.8. The summed E-state index contributed by atoms with van der Waals surface area (Å²) in [5.74, 6) is -0.926. The minimum absolute atomic E-state index is 0.168. The Morgan fingerprint density at radius 1 is 0.517 bits per heavy atom. The summed E-state index contributed by atoms with van der Waals surface area (Å²) in [6, 6.07) is 0. The first-order valence-electron chi connectivity index (χ1n) is 23.3. The SMILES string of the molecule is CCCC/C=C/CCCCCCCCCCCC(=O)OC[C@H](CO[C@@H]1O[C@H](CO[C@@H]2O[C@H](CO)[C@H](O)C(O)C2O)[C@H](O)C(O)C1O)OC(=O)CCCCCCCCCCC. The lowest BCUT2D eigenvalue weighted by atomic mass is 9.98. The predicted molar refractivity (Wildman–Crippen MR) is 224 cm³/mol. The van der Waals surface area contributed by atoms with Gasteiger partial charge in [0.05, 0.1) is 19.8 Å². The number of carbonyl (C=O) groups excluding carboxylic acids is 2. The number of carbonyl (C=O) groups is 2. The molecule has 2 heterocycles. The molecule has 2 aliphatic rings. The van der Waals surface area contributed by atoms with Crippen LogP contribution in [-0.2, 0) is 38.0 Å². The van der Waals surface area contributed by atoms with Crippen LogP contribution in [0.1, 0.15) is 168 Å². The molecule has 4 unspecified atom stereocenters. The molecule has 11 atom stereocenters. The zero-order valence-electron chi connectivity index (χ0n) is 36.7. The fraction of sp³-hybridized carbons (Fsp3) is 0.911. The summed E-state index contributed by atoms with van der Waals surface area (Å²) in [5, 5.41) is 71.8. The van der Waals surface area contributed by atoms with E-state index in [4.69, 9.17) is 28.4 Å². The average Bonchev–Trinajstić information content (AvgIpc) is 3.24. The van der Waals surface area contributed by atoms with Crippen LogP contribution in [0.3, 0.4) is 0 Å². The maximum absolute atomic E-state index is 12.9. The van der Waals surface area contributed by atoms with E-state index in [-0.39, 0.29) is 26.1 Å². The number of ether oxygens (including phenoxy) is 6. The molecule has 2 aliphatic heterocycles. The van der Waals surface area contributed by atoms with Crippen LogP contribution in [0.4, 0.5) is 0 Å². The monoisotopic (exact) mass is 863 g/mol. The standard InChI is InChI=1S/C45H82O15/c1-3-5-7-9-11-13-14-15-16-17-18-20-21-23-25-27-36(47)55-30-33(58-37(48)28-26-24-22-19-12-10-8-6-4-2)31-56-44-43(54)41(52)39(50)35(60-44)32-57-45-42(53)40(51)38(49)34(29-46)59-45/h9,11,33-35,38-46,49-54H,3-8,10,12-32H2,1-2H3/b11-9+/t33-,34-,35-,38+,39+,40?,41?,42?,43?,44-,45-/m1/s1. The van der Waals surface area contributed by atoms with Gasteiger partial charge >= 0.3 is 11.9 Å². The van der Waals surface area contributed by atoms with Crippen LogP contribution < -0.4 is 0 Å². The van der Waals surface area contributed by atoms with Gasteiger partial charge in [-0.25, -0.2) is 0 Å². The van der Waals surface area contributed by atoms with Gasteiger partial charge in [0.2, 0.25) is 0 Å². The van der Waals surface area contributed by atoms with Crippen molar-refractivity contribution in [2.24, 2.45) is 0 Å². The molecule has 15 heteroatoms. The maximum Gasteiger partial charge on any atom is 0.306 e. The molecule has 2 fully saturated rings. The third kappa shape index (κ3) is 22.5. The quantitative estimate of drug-likeness (QED) is 0.0252. The fourth-order valence-electron chi connectivity index (χ4n) is 7.31. The normalized spacial score (nSPS) is 27.6. The molecule has 60 heavy (non-hydrogen) atoms. The van der Waals surface area contributed by atoms with Crippen LogP contribution in [-0.4, -0.2) is 142 Å². The van der Waals surface area contributed by atoms with Crippen molar-refractivity contribution in [1.29, 1.82) is 0 Å². The summed E-state index contributed by atoms with van der Waals surface area (Å²) in [7, 11) is 0. The lowest BCUT2D eigenvalue weighted by molar-refractivity contribution is -0.332. The number of hydrogen-bond donors (Lipinski definition) is 7. The number of esters is 2. The van der Waals surface area contributed by atoms with E-state index in [1.807, 2.05) is 0 Å². The van der Waals surface area contributed by atoms with Crippen molar-refractivity contribution >= 4 is 11.9 Å². The molecule has 0 spiro atoms. The molecule has 0 aromatic heterocycles. The highest BCUT2D eigenvalue weighted by Gasteiger charge is 2.47. The van der Waals surface area contributed by atoms with Gasteiger partial charge in [-0.3, -0.25) is 9.59 Å². The molecule has 0 aromatic carbocycles. The van der Waals surface area contributed by atoms with Gasteiger partial charge in [0.15, 0.2) is 18.7 Å². The van der Waals surface area contributed by atoms with Crippen LogP contribution in [0.5, 0.6) is 0 Å². The van der Waals surface area contributed by atoms with E-state index in [0.29, 0.717) is 12.8 Å². The number of aliphatic hydroxyl groups is 7. The molecule has 0 amide bonds. The Balaban J connectivity index is 1.83. The zero-order valence-corrected chi connectivity index (χ0v) is 36.7.